The third kappa shape index (κ3) is 3.99. The van der Waals surface area contributed by atoms with Gasteiger partial charge in [0.15, 0.2) is 0 Å². The number of nitrogens with zero attached hydrogens (tertiary/aromatic N) is 2. The number of thiazole rings is 1. The first kappa shape index (κ1) is 19.5. The second-order valence-corrected chi connectivity index (χ2v) is 7.39. The Balaban J connectivity index is 1.67. The van der Waals surface area contributed by atoms with Gasteiger partial charge in [0.25, 0.3) is 5.69 Å². The fourth-order valence-electron chi connectivity index (χ4n) is 3.26. The molecule has 0 radical (unpaired) electrons. The Morgan fingerprint density at radius 3 is 2.50 bits per heavy atom. The van der Waals surface area contributed by atoms with E-state index in [1.54, 1.807) is 48.9 Å². The molecule has 0 aliphatic carbocycles. The number of ether oxygens (including phenoxy) is 1. The van der Waals surface area contributed by atoms with Crippen molar-refractivity contribution in [1.29, 1.82) is 0 Å². The molecule has 0 N–H and O–H groups in total. The minimum atomic E-state index is -0.369. The van der Waals surface area contributed by atoms with E-state index in [1.807, 2.05) is 47.9 Å². The SMILES string of the molecule is COc1cccc(-c2ccc(C=Cc3ccccc3[N+](=O)[O-])cc2)c1-c1nccs1. The van der Waals surface area contributed by atoms with Gasteiger partial charge in [-0.15, -0.1) is 11.3 Å². The number of rotatable bonds is 6. The third-order valence-corrected chi connectivity index (χ3v) is 5.49. The monoisotopic (exact) mass is 414 g/mol. The van der Waals surface area contributed by atoms with Gasteiger partial charge >= 0.3 is 0 Å². The maximum Gasteiger partial charge on any atom is 0.276 e. The number of aromatic nitrogens is 1. The quantitative estimate of drug-likeness (QED) is 0.203. The van der Waals surface area contributed by atoms with Crippen molar-refractivity contribution in [2.75, 3.05) is 7.11 Å². The van der Waals surface area contributed by atoms with E-state index in [-0.39, 0.29) is 10.6 Å². The maximum atomic E-state index is 11.2. The number of hydrogen-bond donors (Lipinski definition) is 0. The summed E-state index contributed by atoms with van der Waals surface area (Å²) >= 11 is 1.57. The Labute approximate surface area is 178 Å². The van der Waals surface area contributed by atoms with E-state index in [4.69, 9.17) is 4.74 Å². The second kappa shape index (κ2) is 8.71. The van der Waals surface area contributed by atoms with Crippen LogP contribution in [0.15, 0.2) is 78.3 Å². The highest BCUT2D eigenvalue weighted by atomic mass is 32.1. The van der Waals surface area contributed by atoms with Crippen molar-refractivity contribution in [2.45, 2.75) is 0 Å². The summed E-state index contributed by atoms with van der Waals surface area (Å²) < 4.78 is 5.57. The zero-order valence-electron chi connectivity index (χ0n) is 16.2. The van der Waals surface area contributed by atoms with Crippen LogP contribution in [0.3, 0.4) is 0 Å². The van der Waals surface area contributed by atoms with Crippen LogP contribution in [0.25, 0.3) is 33.9 Å². The highest BCUT2D eigenvalue weighted by Gasteiger charge is 2.15. The predicted octanol–water partition coefficient (Wildman–Crippen LogP) is 6.56. The van der Waals surface area contributed by atoms with Gasteiger partial charge in [-0.2, -0.15) is 0 Å². The molecule has 6 heteroatoms. The smallest absolute Gasteiger partial charge is 0.276 e. The molecule has 0 unspecified atom stereocenters. The molecule has 3 aromatic carbocycles. The first-order chi connectivity index (χ1) is 14.7. The molecular formula is C24H18N2O3S. The van der Waals surface area contributed by atoms with Gasteiger partial charge in [-0.1, -0.05) is 54.6 Å². The van der Waals surface area contributed by atoms with Crippen LogP contribution in [-0.4, -0.2) is 17.0 Å². The molecule has 0 atom stereocenters. The van der Waals surface area contributed by atoms with Crippen LogP contribution in [0.1, 0.15) is 11.1 Å². The van der Waals surface area contributed by atoms with Gasteiger partial charge in [-0.3, -0.25) is 10.1 Å². The summed E-state index contributed by atoms with van der Waals surface area (Å²) in [6.07, 6.45) is 5.42. The van der Waals surface area contributed by atoms with Crippen molar-refractivity contribution in [3.8, 4) is 27.4 Å². The molecule has 4 rings (SSSR count). The summed E-state index contributed by atoms with van der Waals surface area (Å²) in [4.78, 5) is 15.3. The molecule has 0 bridgehead atoms. The van der Waals surface area contributed by atoms with Crippen molar-refractivity contribution < 1.29 is 9.66 Å². The van der Waals surface area contributed by atoms with Crippen molar-refractivity contribution >= 4 is 29.2 Å². The third-order valence-electron chi connectivity index (χ3n) is 4.70. The molecule has 1 aromatic heterocycles. The van der Waals surface area contributed by atoms with Crippen LogP contribution >= 0.6 is 11.3 Å². The van der Waals surface area contributed by atoms with Crippen LogP contribution in [-0.2, 0) is 0 Å². The van der Waals surface area contributed by atoms with Gasteiger partial charge in [-0.25, -0.2) is 4.98 Å². The number of nitro benzene ring substituents is 1. The average molecular weight is 414 g/mol. The zero-order chi connectivity index (χ0) is 20.9. The lowest BCUT2D eigenvalue weighted by molar-refractivity contribution is -0.385. The maximum absolute atomic E-state index is 11.2. The minimum Gasteiger partial charge on any atom is -0.496 e. The first-order valence-electron chi connectivity index (χ1n) is 9.26. The van der Waals surface area contributed by atoms with Crippen LogP contribution in [0.5, 0.6) is 5.75 Å². The van der Waals surface area contributed by atoms with Crippen LogP contribution in [0.4, 0.5) is 5.69 Å². The molecule has 0 spiro atoms. The van der Waals surface area contributed by atoms with E-state index in [2.05, 4.69) is 11.1 Å². The minimum absolute atomic E-state index is 0.0924. The molecule has 0 aliphatic rings. The molecule has 0 fully saturated rings. The van der Waals surface area contributed by atoms with Crippen LogP contribution < -0.4 is 4.74 Å². The highest BCUT2D eigenvalue weighted by Crippen LogP contribution is 2.40. The van der Waals surface area contributed by atoms with Gasteiger partial charge in [0.2, 0.25) is 0 Å². The molecule has 0 aliphatic heterocycles. The lowest BCUT2D eigenvalue weighted by Crippen LogP contribution is -1.91. The van der Waals surface area contributed by atoms with Crippen molar-refractivity contribution in [1.82, 2.24) is 4.98 Å². The highest BCUT2D eigenvalue weighted by molar-refractivity contribution is 7.13. The van der Waals surface area contributed by atoms with Gasteiger partial charge in [0, 0.05) is 17.6 Å². The normalized spacial score (nSPS) is 11.0. The van der Waals surface area contributed by atoms with Crippen LogP contribution in [0, 0.1) is 10.1 Å². The average Bonchev–Trinajstić information content (AvgIpc) is 3.32. The van der Waals surface area contributed by atoms with Gasteiger partial charge in [0.1, 0.15) is 10.8 Å². The van der Waals surface area contributed by atoms with E-state index in [0.29, 0.717) is 5.56 Å². The summed E-state index contributed by atoms with van der Waals surface area (Å²) in [5, 5.41) is 14.0. The summed E-state index contributed by atoms with van der Waals surface area (Å²) in [5.41, 5.74) is 4.68. The van der Waals surface area contributed by atoms with Crippen LogP contribution in [0.2, 0.25) is 0 Å². The van der Waals surface area contributed by atoms with Gasteiger partial charge in [0.05, 0.1) is 23.2 Å². The Morgan fingerprint density at radius 2 is 1.80 bits per heavy atom. The lowest BCUT2D eigenvalue weighted by atomic mass is 9.98. The van der Waals surface area contributed by atoms with E-state index in [0.717, 1.165) is 33.0 Å². The molecule has 0 amide bonds. The molecule has 5 nitrogen and oxygen atoms in total. The standard InChI is InChI=1S/C24H18N2O3S/c1-29-22-8-4-6-20(23(22)24-25-15-16-30-24)18-12-9-17(10-13-18)11-14-19-5-2-3-7-21(19)26(27)28/h2-16H,1H3. The molecule has 148 valence electrons. The molecule has 0 saturated carbocycles. The number of methoxy groups -OCH3 is 1. The largest absolute Gasteiger partial charge is 0.496 e. The van der Waals surface area contributed by atoms with E-state index >= 15 is 0 Å². The Kier molecular flexibility index (Phi) is 5.68. The fourth-order valence-corrected chi connectivity index (χ4v) is 3.96. The molecule has 30 heavy (non-hydrogen) atoms. The summed E-state index contributed by atoms with van der Waals surface area (Å²) in [6, 6.07) is 20.7. The summed E-state index contributed by atoms with van der Waals surface area (Å²) in [6.45, 7) is 0. The molecule has 4 aromatic rings. The van der Waals surface area contributed by atoms with E-state index in [1.165, 1.54) is 6.07 Å². The Hall–Kier alpha value is -3.77. The van der Waals surface area contributed by atoms with Crippen molar-refractivity contribution in [3.63, 3.8) is 0 Å². The van der Waals surface area contributed by atoms with E-state index in [9.17, 15) is 10.1 Å². The van der Waals surface area contributed by atoms with Gasteiger partial charge in [-0.05, 0) is 34.9 Å². The number of hydrogen-bond acceptors (Lipinski definition) is 5. The van der Waals surface area contributed by atoms with Gasteiger partial charge < -0.3 is 4.74 Å². The zero-order valence-corrected chi connectivity index (χ0v) is 17.0. The van der Waals surface area contributed by atoms with E-state index < -0.39 is 0 Å². The fraction of sp³-hybridized carbons (Fsp3) is 0.0417. The molecular weight excluding hydrogens is 396 g/mol. The first-order valence-corrected chi connectivity index (χ1v) is 10.1. The number of para-hydroxylation sites is 1. The second-order valence-electron chi connectivity index (χ2n) is 6.49. The molecule has 1 heterocycles. The molecule has 0 saturated heterocycles. The van der Waals surface area contributed by atoms with Crippen molar-refractivity contribution in [2.24, 2.45) is 0 Å². The Bertz CT molecular complexity index is 1200. The Morgan fingerprint density at radius 1 is 1.00 bits per heavy atom. The summed E-state index contributed by atoms with van der Waals surface area (Å²) in [7, 11) is 1.66. The number of benzene rings is 3. The lowest BCUT2D eigenvalue weighted by Gasteiger charge is -2.12. The topological polar surface area (TPSA) is 65.3 Å². The summed E-state index contributed by atoms with van der Waals surface area (Å²) in [5.74, 6) is 0.780. The van der Waals surface area contributed by atoms with Crippen molar-refractivity contribution in [3.05, 3.63) is 99.5 Å². The predicted molar refractivity (Wildman–Crippen MR) is 122 cm³/mol. The number of nitro groups is 1.